The Kier molecular flexibility index (Phi) is 5.12. The van der Waals surface area contributed by atoms with Crippen LogP contribution >= 0.6 is 11.6 Å². The number of anilines is 3. The highest BCUT2D eigenvalue weighted by Crippen LogP contribution is 2.28. The lowest BCUT2D eigenvalue weighted by molar-refractivity contribution is 0.112. The van der Waals surface area contributed by atoms with Crippen molar-refractivity contribution in [1.82, 2.24) is 4.98 Å². The zero-order valence-electron chi connectivity index (χ0n) is 14.8. The highest BCUT2D eigenvalue weighted by Gasteiger charge is 2.29. The van der Waals surface area contributed by atoms with Gasteiger partial charge in [-0.2, -0.15) is 0 Å². The minimum atomic E-state index is -0.459. The molecule has 1 aliphatic rings. The summed E-state index contributed by atoms with van der Waals surface area (Å²) in [5.41, 5.74) is 2.37. The fourth-order valence-corrected chi connectivity index (χ4v) is 3.15. The molecule has 4 rings (SSSR count). The van der Waals surface area contributed by atoms with Crippen molar-refractivity contribution in [1.29, 1.82) is 0 Å². The molecule has 5 nitrogen and oxygen atoms in total. The fraction of sp³-hybridized carbons (Fsp3) is 0.143. The Hall–Kier alpha value is -3.12. The highest BCUT2D eigenvalue weighted by atomic mass is 35.5. The molecule has 1 fully saturated rings. The largest absolute Gasteiger partial charge is 0.484 e. The lowest BCUT2D eigenvalue weighted by Gasteiger charge is -2.40. The van der Waals surface area contributed by atoms with Crippen molar-refractivity contribution in [2.24, 2.45) is 0 Å². The number of carbonyl (C=O) groups excluding carboxylic acids is 1. The maximum absolute atomic E-state index is 13.8. The maximum Gasteiger partial charge on any atom is 0.166 e. The third-order valence-electron chi connectivity index (χ3n) is 4.44. The summed E-state index contributed by atoms with van der Waals surface area (Å²) < 4.78 is 19.5. The van der Waals surface area contributed by atoms with E-state index >= 15 is 0 Å². The average molecular weight is 398 g/mol. The second kappa shape index (κ2) is 7.86. The summed E-state index contributed by atoms with van der Waals surface area (Å²) in [5.74, 6) is 0.425. The van der Waals surface area contributed by atoms with Gasteiger partial charge in [0.15, 0.2) is 11.6 Å². The molecule has 1 aliphatic heterocycles. The Labute approximate surface area is 166 Å². The van der Waals surface area contributed by atoms with E-state index in [0.29, 0.717) is 29.5 Å². The molecule has 28 heavy (non-hydrogen) atoms. The van der Waals surface area contributed by atoms with Gasteiger partial charge in [-0.05, 0) is 36.4 Å². The molecule has 0 bridgehead atoms. The van der Waals surface area contributed by atoms with Crippen LogP contribution in [-0.4, -0.2) is 30.5 Å². The van der Waals surface area contributed by atoms with Gasteiger partial charge in [0.05, 0.1) is 13.1 Å². The van der Waals surface area contributed by atoms with E-state index in [2.05, 4.69) is 15.2 Å². The predicted molar refractivity (Wildman–Crippen MR) is 107 cm³/mol. The van der Waals surface area contributed by atoms with E-state index in [1.165, 1.54) is 6.07 Å². The summed E-state index contributed by atoms with van der Waals surface area (Å²) in [6, 6.07) is 15.4. The molecule has 0 atom stereocenters. The minimum Gasteiger partial charge on any atom is -0.484 e. The number of halogens is 2. The Morgan fingerprint density at radius 3 is 2.82 bits per heavy atom. The van der Waals surface area contributed by atoms with Crippen LogP contribution in [0.3, 0.4) is 0 Å². The number of nitrogens with zero attached hydrogens (tertiary/aromatic N) is 2. The van der Waals surface area contributed by atoms with Crippen molar-refractivity contribution in [3.05, 3.63) is 77.2 Å². The quantitative estimate of drug-likeness (QED) is 0.611. The van der Waals surface area contributed by atoms with Crippen molar-refractivity contribution in [2.45, 2.75) is 6.10 Å². The highest BCUT2D eigenvalue weighted by molar-refractivity contribution is 6.30. The molecule has 0 spiro atoms. The number of carbonyl (C=O) groups is 1. The molecule has 0 amide bonds. The standard InChI is InChI=1S/C21H17ClFN3O2/c22-15-4-5-20(19(23)9-15)28-18-11-26(12-18)17-6-7-24-21(10-17)25-16-3-1-2-14(8-16)13-27/h1-10,13,18H,11-12H2,(H,24,25). The lowest BCUT2D eigenvalue weighted by Crippen LogP contribution is -2.54. The van der Waals surface area contributed by atoms with Crippen molar-refractivity contribution >= 4 is 35.1 Å². The smallest absolute Gasteiger partial charge is 0.166 e. The number of pyridine rings is 1. The van der Waals surface area contributed by atoms with E-state index in [-0.39, 0.29) is 11.9 Å². The summed E-state index contributed by atoms with van der Waals surface area (Å²) in [4.78, 5) is 17.3. The van der Waals surface area contributed by atoms with Gasteiger partial charge in [-0.15, -0.1) is 0 Å². The summed E-state index contributed by atoms with van der Waals surface area (Å²) in [7, 11) is 0. The van der Waals surface area contributed by atoms with Gasteiger partial charge in [0.2, 0.25) is 0 Å². The van der Waals surface area contributed by atoms with Crippen molar-refractivity contribution in [3.8, 4) is 5.75 Å². The molecule has 2 heterocycles. The van der Waals surface area contributed by atoms with Crippen LogP contribution in [0.25, 0.3) is 0 Å². The number of hydrogen-bond donors (Lipinski definition) is 1. The number of aldehydes is 1. The fourth-order valence-electron chi connectivity index (χ4n) is 3.00. The normalized spacial score (nSPS) is 13.7. The summed E-state index contributed by atoms with van der Waals surface area (Å²) in [6.45, 7) is 1.29. The van der Waals surface area contributed by atoms with E-state index in [9.17, 15) is 9.18 Å². The third-order valence-corrected chi connectivity index (χ3v) is 4.67. The molecule has 1 saturated heterocycles. The van der Waals surface area contributed by atoms with Gasteiger partial charge in [0.1, 0.15) is 18.2 Å². The summed E-state index contributed by atoms with van der Waals surface area (Å²) in [6.07, 6.45) is 2.43. The molecule has 7 heteroatoms. The van der Waals surface area contributed by atoms with Gasteiger partial charge in [-0.1, -0.05) is 23.7 Å². The van der Waals surface area contributed by atoms with Crippen LogP contribution < -0.4 is 15.0 Å². The molecule has 1 aromatic heterocycles. The molecule has 0 unspecified atom stereocenters. The van der Waals surface area contributed by atoms with Gasteiger partial charge in [-0.3, -0.25) is 4.79 Å². The first-order chi connectivity index (χ1) is 13.6. The molecular formula is C21H17ClFN3O2. The van der Waals surface area contributed by atoms with Crippen molar-refractivity contribution in [2.75, 3.05) is 23.3 Å². The van der Waals surface area contributed by atoms with Crippen LogP contribution in [0.1, 0.15) is 10.4 Å². The molecule has 1 N–H and O–H groups in total. The van der Waals surface area contributed by atoms with Gasteiger partial charge in [0, 0.05) is 34.2 Å². The van der Waals surface area contributed by atoms with Crippen LogP contribution in [0.4, 0.5) is 21.6 Å². The molecule has 0 radical (unpaired) electrons. The number of benzene rings is 2. The van der Waals surface area contributed by atoms with E-state index in [1.54, 1.807) is 30.5 Å². The Morgan fingerprint density at radius 1 is 1.18 bits per heavy atom. The zero-order chi connectivity index (χ0) is 19.5. The second-order valence-electron chi connectivity index (χ2n) is 6.49. The minimum absolute atomic E-state index is 0.0930. The second-order valence-corrected chi connectivity index (χ2v) is 6.92. The van der Waals surface area contributed by atoms with E-state index in [0.717, 1.165) is 17.7 Å². The first kappa shape index (κ1) is 18.3. The van der Waals surface area contributed by atoms with E-state index < -0.39 is 5.82 Å². The monoisotopic (exact) mass is 397 g/mol. The Morgan fingerprint density at radius 2 is 2.04 bits per heavy atom. The lowest BCUT2D eigenvalue weighted by atomic mass is 10.1. The topological polar surface area (TPSA) is 54.5 Å². The average Bonchev–Trinajstić information content (AvgIpc) is 2.66. The van der Waals surface area contributed by atoms with Crippen LogP contribution in [0, 0.1) is 5.82 Å². The van der Waals surface area contributed by atoms with Gasteiger partial charge >= 0.3 is 0 Å². The number of ether oxygens (including phenoxy) is 1. The molecular weight excluding hydrogens is 381 g/mol. The third kappa shape index (κ3) is 4.07. The Bertz CT molecular complexity index is 1010. The molecule has 2 aromatic carbocycles. The Balaban J connectivity index is 1.38. The first-order valence-electron chi connectivity index (χ1n) is 8.76. The number of hydrogen-bond acceptors (Lipinski definition) is 5. The maximum atomic E-state index is 13.8. The number of nitrogens with one attached hydrogen (secondary N) is 1. The summed E-state index contributed by atoms with van der Waals surface area (Å²) in [5, 5.41) is 3.54. The first-order valence-corrected chi connectivity index (χ1v) is 9.13. The van der Waals surface area contributed by atoms with Crippen LogP contribution in [0.2, 0.25) is 5.02 Å². The van der Waals surface area contributed by atoms with Crippen molar-refractivity contribution in [3.63, 3.8) is 0 Å². The van der Waals surface area contributed by atoms with Crippen LogP contribution in [0.15, 0.2) is 60.8 Å². The predicted octanol–water partition coefficient (Wildman–Crippen LogP) is 4.70. The summed E-state index contributed by atoms with van der Waals surface area (Å²) >= 11 is 5.76. The number of aromatic nitrogens is 1. The molecule has 0 saturated carbocycles. The van der Waals surface area contributed by atoms with Crippen molar-refractivity contribution < 1.29 is 13.9 Å². The van der Waals surface area contributed by atoms with Crippen LogP contribution in [0.5, 0.6) is 5.75 Å². The van der Waals surface area contributed by atoms with Gasteiger partial charge in [0.25, 0.3) is 0 Å². The van der Waals surface area contributed by atoms with E-state index in [4.69, 9.17) is 16.3 Å². The van der Waals surface area contributed by atoms with Gasteiger partial charge < -0.3 is 15.0 Å². The SMILES string of the molecule is O=Cc1cccc(Nc2cc(N3CC(Oc4ccc(Cl)cc4F)C3)ccn2)c1. The zero-order valence-corrected chi connectivity index (χ0v) is 15.6. The van der Waals surface area contributed by atoms with E-state index in [1.807, 2.05) is 24.3 Å². The molecule has 3 aromatic rings. The molecule has 0 aliphatic carbocycles. The van der Waals surface area contributed by atoms with Gasteiger partial charge in [-0.25, -0.2) is 9.37 Å². The van der Waals surface area contributed by atoms with Crippen LogP contribution in [-0.2, 0) is 0 Å². The molecule has 142 valence electrons. The number of rotatable bonds is 6.